The van der Waals surface area contributed by atoms with Crippen molar-refractivity contribution in [1.29, 1.82) is 0 Å². The second-order valence-electron chi connectivity index (χ2n) is 7.33. The maximum atomic E-state index is 14.1. The van der Waals surface area contributed by atoms with Gasteiger partial charge in [0.1, 0.15) is 10.0 Å². The van der Waals surface area contributed by atoms with Crippen LogP contribution in [0.15, 0.2) is 91.5 Å². The van der Waals surface area contributed by atoms with Gasteiger partial charge in [-0.1, -0.05) is 79.3 Å². The molecule has 182 valence electrons. The summed E-state index contributed by atoms with van der Waals surface area (Å²) in [6.07, 6.45) is 0. The summed E-state index contributed by atoms with van der Waals surface area (Å²) in [6.45, 7) is 0. The molecule has 4 aromatic rings. The molecule has 4 rings (SSSR count). The first kappa shape index (κ1) is 26.4. The summed E-state index contributed by atoms with van der Waals surface area (Å²) in [4.78, 5) is 22.9. The quantitative estimate of drug-likeness (QED) is 0.151. The zero-order valence-corrected chi connectivity index (χ0v) is 23.3. The second-order valence-corrected chi connectivity index (χ2v) is 11.4. The molecule has 36 heavy (non-hydrogen) atoms. The third-order valence-corrected chi connectivity index (χ3v) is 8.36. The smallest absolute Gasteiger partial charge is 0.258 e. The highest BCUT2D eigenvalue weighted by Gasteiger charge is 2.31. The first-order valence-corrected chi connectivity index (χ1v) is 13.5. The van der Waals surface area contributed by atoms with Crippen molar-refractivity contribution in [3.05, 3.63) is 112 Å². The summed E-state index contributed by atoms with van der Waals surface area (Å²) in [6, 6.07) is 18.7. The molecule has 0 aromatic heterocycles. The molecular weight excluding hydrogens is 659 g/mol. The molecule has 4 aromatic carbocycles. The summed E-state index contributed by atoms with van der Waals surface area (Å²) in [5.41, 5.74) is 0.0844. The van der Waals surface area contributed by atoms with Crippen molar-refractivity contribution in [2.24, 2.45) is 0 Å². The fraction of sp³-hybridized carbons (Fsp3) is 0. The third kappa shape index (κ3) is 5.09. The van der Waals surface area contributed by atoms with Crippen LogP contribution < -0.4 is 0 Å². The minimum absolute atomic E-state index is 0.0534. The minimum atomic E-state index is -2.10. The van der Waals surface area contributed by atoms with E-state index in [4.69, 9.17) is 23.2 Å². The largest absolute Gasteiger partial charge is 0.296 e. The fourth-order valence-electron chi connectivity index (χ4n) is 3.67. The Bertz CT molecular complexity index is 1430. The van der Waals surface area contributed by atoms with Crippen molar-refractivity contribution in [1.82, 2.24) is 0 Å². The normalized spacial score (nSPS) is 11.0. The molecular formula is C24H12Br2Cl2N2O5S. The Hall–Kier alpha value is -2.63. The van der Waals surface area contributed by atoms with Gasteiger partial charge < -0.3 is 0 Å². The van der Waals surface area contributed by atoms with Gasteiger partial charge in [0.05, 0.1) is 41.6 Å². The summed E-state index contributed by atoms with van der Waals surface area (Å²) in [7, 11) is -2.10. The molecule has 0 N–H and O–H groups in total. The van der Waals surface area contributed by atoms with E-state index < -0.39 is 32.0 Å². The van der Waals surface area contributed by atoms with Crippen molar-refractivity contribution in [2.45, 2.75) is 9.79 Å². The van der Waals surface area contributed by atoms with E-state index in [1.807, 2.05) is 0 Å². The van der Waals surface area contributed by atoms with Crippen LogP contribution in [-0.2, 0) is 10.8 Å². The topological polar surface area (TPSA) is 103 Å². The Balaban J connectivity index is 2.05. The molecule has 0 radical (unpaired) electrons. The summed E-state index contributed by atoms with van der Waals surface area (Å²) >= 11 is 19.1. The molecule has 12 heteroatoms. The van der Waals surface area contributed by atoms with E-state index in [-0.39, 0.29) is 31.0 Å². The molecule has 0 saturated heterocycles. The predicted molar refractivity (Wildman–Crippen MR) is 147 cm³/mol. The number of nitro groups is 2. The van der Waals surface area contributed by atoms with E-state index in [9.17, 15) is 24.4 Å². The van der Waals surface area contributed by atoms with E-state index in [1.54, 1.807) is 48.5 Å². The lowest BCUT2D eigenvalue weighted by Gasteiger charge is -2.15. The van der Waals surface area contributed by atoms with Crippen LogP contribution in [0.5, 0.6) is 0 Å². The monoisotopic (exact) mass is 668 g/mol. The Morgan fingerprint density at radius 3 is 1.25 bits per heavy atom. The number of benzene rings is 4. The van der Waals surface area contributed by atoms with Crippen LogP contribution in [0.1, 0.15) is 0 Å². The minimum Gasteiger partial charge on any atom is -0.258 e. The molecule has 0 spiro atoms. The molecule has 7 nitrogen and oxygen atoms in total. The molecule has 0 fully saturated rings. The van der Waals surface area contributed by atoms with Gasteiger partial charge in [0.2, 0.25) is 0 Å². The first-order chi connectivity index (χ1) is 17.1. The number of nitro benzene ring substituents is 2. The molecule has 0 atom stereocenters. The van der Waals surface area contributed by atoms with Gasteiger partial charge in [0, 0.05) is 8.95 Å². The fourth-order valence-corrected chi connectivity index (χ4v) is 6.07. The highest BCUT2D eigenvalue weighted by Crippen LogP contribution is 2.45. The van der Waals surface area contributed by atoms with Crippen LogP contribution in [0, 0.1) is 20.2 Å². The van der Waals surface area contributed by atoms with Gasteiger partial charge in [0.25, 0.3) is 11.4 Å². The first-order valence-electron chi connectivity index (χ1n) is 9.97. The molecule has 0 aliphatic carbocycles. The Labute approximate surface area is 234 Å². The van der Waals surface area contributed by atoms with Gasteiger partial charge in [-0.3, -0.25) is 20.2 Å². The maximum Gasteiger partial charge on any atom is 0.296 e. The highest BCUT2D eigenvalue weighted by atomic mass is 79.9. The van der Waals surface area contributed by atoms with E-state index in [1.165, 1.54) is 24.3 Å². The lowest BCUT2D eigenvalue weighted by molar-refractivity contribution is -0.384. The van der Waals surface area contributed by atoms with Gasteiger partial charge in [-0.05, 0) is 59.7 Å². The zero-order valence-electron chi connectivity index (χ0n) is 17.8. The van der Waals surface area contributed by atoms with Crippen molar-refractivity contribution < 1.29 is 14.1 Å². The van der Waals surface area contributed by atoms with Crippen molar-refractivity contribution in [3.8, 4) is 22.3 Å². The van der Waals surface area contributed by atoms with Gasteiger partial charge in [-0.15, -0.1) is 0 Å². The number of hydrogen-bond acceptors (Lipinski definition) is 5. The number of hydrogen-bond donors (Lipinski definition) is 0. The van der Waals surface area contributed by atoms with E-state index in [0.717, 1.165) is 8.95 Å². The van der Waals surface area contributed by atoms with Crippen LogP contribution >= 0.6 is 55.1 Å². The molecule has 0 saturated carbocycles. The van der Waals surface area contributed by atoms with Crippen LogP contribution in [0.4, 0.5) is 11.4 Å². The summed E-state index contributed by atoms with van der Waals surface area (Å²) in [5.74, 6) is 0. The van der Waals surface area contributed by atoms with Crippen molar-refractivity contribution in [2.75, 3.05) is 0 Å². The highest BCUT2D eigenvalue weighted by molar-refractivity contribution is 9.10. The molecule has 0 aliphatic rings. The van der Waals surface area contributed by atoms with Gasteiger partial charge in [-0.25, -0.2) is 4.21 Å². The molecule has 0 bridgehead atoms. The van der Waals surface area contributed by atoms with Crippen molar-refractivity contribution >= 4 is 77.2 Å². The van der Waals surface area contributed by atoms with Gasteiger partial charge in [0.15, 0.2) is 0 Å². The Morgan fingerprint density at radius 2 is 0.944 bits per heavy atom. The Kier molecular flexibility index (Phi) is 7.91. The van der Waals surface area contributed by atoms with Gasteiger partial charge >= 0.3 is 0 Å². The molecule has 0 aliphatic heterocycles. The third-order valence-electron chi connectivity index (χ3n) is 5.21. The Morgan fingerprint density at radius 1 is 0.611 bits per heavy atom. The van der Waals surface area contributed by atoms with Crippen LogP contribution in [0.25, 0.3) is 22.3 Å². The van der Waals surface area contributed by atoms with Crippen LogP contribution in [-0.4, -0.2) is 14.1 Å². The van der Waals surface area contributed by atoms with Crippen molar-refractivity contribution in [3.63, 3.8) is 0 Å². The average Bonchev–Trinajstić information content (AvgIpc) is 2.83. The lowest BCUT2D eigenvalue weighted by Crippen LogP contribution is -2.04. The zero-order chi connectivity index (χ0) is 26.1. The number of halogens is 4. The van der Waals surface area contributed by atoms with Crippen LogP contribution in [0.3, 0.4) is 0 Å². The maximum absolute atomic E-state index is 14.1. The molecule has 0 unspecified atom stereocenters. The van der Waals surface area contributed by atoms with E-state index >= 15 is 0 Å². The average molecular weight is 671 g/mol. The predicted octanol–water partition coefficient (Wildman–Crippen LogP) is 8.84. The number of nitrogens with zero attached hydrogens (tertiary/aromatic N) is 2. The van der Waals surface area contributed by atoms with E-state index in [2.05, 4.69) is 31.9 Å². The molecule has 0 heterocycles. The van der Waals surface area contributed by atoms with Crippen LogP contribution in [0.2, 0.25) is 10.0 Å². The van der Waals surface area contributed by atoms with Gasteiger partial charge in [-0.2, -0.15) is 0 Å². The lowest BCUT2D eigenvalue weighted by atomic mass is 10.0. The second kappa shape index (κ2) is 10.8. The summed E-state index contributed by atoms with van der Waals surface area (Å²) in [5, 5.41) is 23.7. The molecule has 0 amide bonds. The SMILES string of the molecule is O=[N+]([O-])c1c(Cl)ccc(S(=O)c2ccc(Cl)c([N+](=O)[O-])c2-c2ccc(Br)cc2)c1-c1ccc(Br)cc1. The standard InChI is InChI=1S/C24H12Br2Cl2N2O5S/c25-15-5-1-13(2-6-15)21-19(11-9-17(27)23(21)29(31)32)36(35)20-12-10-18(28)24(30(33)34)22(20)14-3-7-16(26)8-4-14/h1-12H. The summed E-state index contributed by atoms with van der Waals surface area (Å²) < 4.78 is 15.6. The van der Waals surface area contributed by atoms with E-state index in [0.29, 0.717) is 11.1 Å². The number of rotatable bonds is 6.